The summed E-state index contributed by atoms with van der Waals surface area (Å²) in [5.41, 5.74) is 5.08. The first-order chi connectivity index (χ1) is 17.0. The first-order valence-electron chi connectivity index (χ1n) is 12.1. The molecule has 0 fully saturated rings. The predicted octanol–water partition coefficient (Wildman–Crippen LogP) is 7.31. The molecule has 1 aliphatic carbocycles. The van der Waals surface area contributed by atoms with Crippen molar-refractivity contribution < 1.29 is 9.53 Å². The highest BCUT2D eigenvalue weighted by atomic mass is 16.5. The molecule has 4 aromatic carbocycles. The number of carbonyl (C=O) groups is 1. The fourth-order valence-corrected chi connectivity index (χ4v) is 5.87. The number of fused-ring (bicyclic) bond motifs is 5. The van der Waals surface area contributed by atoms with E-state index in [1.165, 1.54) is 10.8 Å². The third kappa shape index (κ3) is 3.49. The second-order valence-corrected chi connectivity index (χ2v) is 10.3. The maximum Gasteiger partial charge on any atom is 0.162 e. The van der Waals surface area contributed by atoms with Crippen LogP contribution in [-0.2, 0) is 4.79 Å². The van der Waals surface area contributed by atoms with Crippen molar-refractivity contribution in [3.8, 4) is 18.1 Å². The standard InChI is InChI=1S/C32H27NO2/c1-4-17-35-27-16-14-21-10-6-8-12-23(21)30(27)31-29-24(18-32(2,3)19-26(29)34)28-22-11-7-5-9-20(22)13-15-25(28)33-31/h1,5-16,31,33H,17-19H2,2-3H3/t31-/m0/s1. The van der Waals surface area contributed by atoms with Gasteiger partial charge in [-0.2, -0.15) is 0 Å². The van der Waals surface area contributed by atoms with Gasteiger partial charge in [-0.05, 0) is 51.1 Å². The average molecular weight is 458 g/mol. The molecule has 0 spiro atoms. The average Bonchev–Trinajstić information content (AvgIpc) is 2.85. The number of rotatable bonds is 3. The van der Waals surface area contributed by atoms with Crippen molar-refractivity contribution in [1.29, 1.82) is 0 Å². The van der Waals surface area contributed by atoms with Gasteiger partial charge in [0.15, 0.2) is 5.78 Å². The molecule has 35 heavy (non-hydrogen) atoms. The van der Waals surface area contributed by atoms with Crippen LogP contribution in [0.1, 0.15) is 43.9 Å². The number of terminal acetylenes is 1. The fourth-order valence-electron chi connectivity index (χ4n) is 5.87. The molecule has 0 saturated heterocycles. The van der Waals surface area contributed by atoms with Gasteiger partial charge < -0.3 is 10.1 Å². The Morgan fingerprint density at radius 3 is 2.40 bits per heavy atom. The van der Waals surface area contributed by atoms with Crippen molar-refractivity contribution in [3.05, 3.63) is 89.5 Å². The molecule has 0 amide bonds. The topological polar surface area (TPSA) is 38.3 Å². The summed E-state index contributed by atoms with van der Waals surface area (Å²) in [6.07, 6.45) is 6.91. The largest absolute Gasteiger partial charge is 0.481 e. The third-order valence-electron chi connectivity index (χ3n) is 7.27. The lowest BCUT2D eigenvalue weighted by Gasteiger charge is -2.40. The highest BCUT2D eigenvalue weighted by Gasteiger charge is 2.42. The highest BCUT2D eigenvalue weighted by molar-refractivity contribution is 6.13. The summed E-state index contributed by atoms with van der Waals surface area (Å²) < 4.78 is 6.05. The lowest BCUT2D eigenvalue weighted by Crippen LogP contribution is -2.33. The van der Waals surface area contributed by atoms with E-state index < -0.39 is 0 Å². The number of anilines is 1. The van der Waals surface area contributed by atoms with E-state index in [-0.39, 0.29) is 23.8 Å². The van der Waals surface area contributed by atoms with Gasteiger partial charge in [-0.3, -0.25) is 4.79 Å². The second-order valence-electron chi connectivity index (χ2n) is 10.3. The van der Waals surface area contributed by atoms with E-state index in [1.54, 1.807) is 0 Å². The van der Waals surface area contributed by atoms with Crippen molar-refractivity contribution >= 4 is 38.6 Å². The van der Waals surface area contributed by atoms with Crippen molar-refractivity contribution in [2.45, 2.75) is 32.7 Å². The number of carbonyl (C=O) groups excluding carboxylic acids is 1. The van der Waals surface area contributed by atoms with Gasteiger partial charge in [-0.25, -0.2) is 0 Å². The zero-order valence-electron chi connectivity index (χ0n) is 20.0. The molecule has 3 nitrogen and oxygen atoms in total. The van der Waals surface area contributed by atoms with Crippen LogP contribution in [0, 0.1) is 17.8 Å². The lowest BCUT2D eigenvalue weighted by molar-refractivity contribution is -0.118. The minimum Gasteiger partial charge on any atom is -0.481 e. The summed E-state index contributed by atoms with van der Waals surface area (Å²) in [6, 6.07) is 24.7. The first-order valence-corrected chi connectivity index (χ1v) is 12.1. The van der Waals surface area contributed by atoms with E-state index in [9.17, 15) is 4.79 Å². The Labute approximate surface area is 205 Å². The number of hydrogen-bond donors (Lipinski definition) is 1. The van der Waals surface area contributed by atoms with Gasteiger partial charge in [0.25, 0.3) is 0 Å². The molecule has 1 N–H and O–H groups in total. The summed E-state index contributed by atoms with van der Waals surface area (Å²) >= 11 is 0. The number of hydrogen-bond acceptors (Lipinski definition) is 3. The molecule has 1 aliphatic heterocycles. The van der Waals surface area contributed by atoms with Crippen LogP contribution in [0.3, 0.4) is 0 Å². The molecule has 3 heteroatoms. The van der Waals surface area contributed by atoms with E-state index in [4.69, 9.17) is 11.2 Å². The smallest absolute Gasteiger partial charge is 0.162 e. The molecule has 1 atom stereocenters. The minimum atomic E-state index is -0.318. The summed E-state index contributed by atoms with van der Waals surface area (Å²) in [6.45, 7) is 4.55. The lowest BCUT2D eigenvalue weighted by atomic mass is 9.67. The molecule has 0 saturated carbocycles. The van der Waals surface area contributed by atoms with E-state index in [0.29, 0.717) is 12.2 Å². The van der Waals surface area contributed by atoms with E-state index in [1.807, 2.05) is 18.2 Å². The molecule has 0 radical (unpaired) electrons. The van der Waals surface area contributed by atoms with Gasteiger partial charge in [0.05, 0.1) is 6.04 Å². The van der Waals surface area contributed by atoms with Crippen LogP contribution < -0.4 is 10.1 Å². The van der Waals surface area contributed by atoms with Gasteiger partial charge in [-0.1, -0.05) is 80.4 Å². The van der Waals surface area contributed by atoms with Crippen LogP contribution >= 0.6 is 0 Å². The second kappa shape index (κ2) is 8.03. The molecular weight excluding hydrogens is 430 g/mol. The van der Waals surface area contributed by atoms with Gasteiger partial charge >= 0.3 is 0 Å². The van der Waals surface area contributed by atoms with Gasteiger partial charge in [0.2, 0.25) is 0 Å². The Kier molecular flexibility index (Phi) is 4.93. The molecule has 172 valence electrons. The molecule has 1 heterocycles. The highest BCUT2D eigenvalue weighted by Crippen LogP contribution is 2.53. The fraction of sp³-hybridized carbons (Fsp3) is 0.219. The van der Waals surface area contributed by atoms with Crippen LogP contribution in [0.25, 0.3) is 27.1 Å². The molecule has 0 unspecified atom stereocenters. The minimum absolute atomic E-state index is 0.104. The summed E-state index contributed by atoms with van der Waals surface area (Å²) in [4.78, 5) is 13.9. The maximum atomic E-state index is 13.9. The number of benzene rings is 4. The van der Waals surface area contributed by atoms with E-state index >= 15 is 0 Å². The van der Waals surface area contributed by atoms with E-state index in [0.717, 1.165) is 45.2 Å². The van der Waals surface area contributed by atoms with Crippen molar-refractivity contribution in [3.63, 3.8) is 0 Å². The predicted molar refractivity (Wildman–Crippen MR) is 144 cm³/mol. The number of Topliss-reactive ketones (excluding diaryl/α,β-unsaturated/α-hetero) is 1. The first kappa shape index (κ1) is 21.5. The zero-order valence-corrected chi connectivity index (χ0v) is 20.0. The van der Waals surface area contributed by atoms with Gasteiger partial charge in [-0.15, -0.1) is 6.42 Å². The van der Waals surface area contributed by atoms with E-state index in [2.05, 4.69) is 79.7 Å². The Bertz CT molecular complexity index is 1580. The zero-order chi connectivity index (χ0) is 24.2. The molecule has 6 rings (SSSR count). The SMILES string of the molecule is C#CCOc1ccc2ccccc2c1[C@H]1Nc2ccc3ccccc3c2C2=C1C(=O)CC(C)(C)C2. The van der Waals surface area contributed by atoms with Gasteiger partial charge in [0.1, 0.15) is 12.4 Å². The van der Waals surface area contributed by atoms with Crippen LogP contribution in [0.4, 0.5) is 5.69 Å². The van der Waals surface area contributed by atoms with Crippen LogP contribution in [0.5, 0.6) is 5.75 Å². The van der Waals surface area contributed by atoms with Crippen LogP contribution in [0.15, 0.2) is 78.4 Å². The van der Waals surface area contributed by atoms with Crippen molar-refractivity contribution in [1.82, 2.24) is 0 Å². The summed E-state index contributed by atoms with van der Waals surface area (Å²) in [7, 11) is 0. The quantitative estimate of drug-likeness (QED) is 0.328. The normalized spacial score (nSPS) is 18.5. The number of nitrogens with one attached hydrogen (secondary N) is 1. The monoisotopic (exact) mass is 457 g/mol. The van der Waals surface area contributed by atoms with Crippen molar-refractivity contribution in [2.24, 2.45) is 5.41 Å². The summed E-state index contributed by atoms with van der Waals surface area (Å²) in [5.74, 6) is 3.50. The molecule has 2 aliphatic rings. The molecular formula is C32H27NO2. The summed E-state index contributed by atoms with van der Waals surface area (Å²) in [5, 5.41) is 8.28. The maximum absolute atomic E-state index is 13.9. The molecule has 4 aromatic rings. The molecule has 0 aromatic heterocycles. The molecule has 0 bridgehead atoms. The van der Waals surface area contributed by atoms with Crippen LogP contribution in [0.2, 0.25) is 0 Å². The number of ether oxygens (including phenoxy) is 1. The van der Waals surface area contributed by atoms with Crippen LogP contribution in [-0.4, -0.2) is 12.4 Å². The number of ketones is 1. The van der Waals surface area contributed by atoms with Crippen molar-refractivity contribution in [2.75, 3.05) is 11.9 Å². The third-order valence-corrected chi connectivity index (χ3v) is 7.27. The van der Waals surface area contributed by atoms with Gasteiger partial charge in [0, 0.05) is 28.8 Å². The number of allylic oxidation sites excluding steroid dienone is 1. The Balaban J connectivity index is 1.67. The Hall–Kier alpha value is -4.03. The Morgan fingerprint density at radius 1 is 0.943 bits per heavy atom. The Morgan fingerprint density at radius 2 is 1.63 bits per heavy atom.